The zero-order chi connectivity index (χ0) is 16.1. The number of benzene rings is 1. The normalized spacial score (nSPS) is 16.0. The molecule has 1 saturated carbocycles. The van der Waals surface area contributed by atoms with Gasteiger partial charge in [0.15, 0.2) is 5.82 Å². The molecule has 1 aliphatic carbocycles. The average molecular weight is 332 g/mol. The van der Waals surface area contributed by atoms with Crippen LogP contribution in [0.25, 0.3) is 0 Å². The molecule has 0 saturated heterocycles. The lowest BCUT2D eigenvalue weighted by atomic mass is 9.95. The summed E-state index contributed by atoms with van der Waals surface area (Å²) in [5.74, 6) is 0.891. The maximum atomic E-state index is 12.2. The van der Waals surface area contributed by atoms with Gasteiger partial charge < -0.3 is 5.32 Å². The van der Waals surface area contributed by atoms with E-state index >= 15 is 0 Å². The van der Waals surface area contributed by atoms with Crippen LogP contribution in [0.4, 0.5) is 11.6 Å². The highest BCUT2D eigenvalue weighted by Gasteiger charge is 2.16. The summed E-state index contributed by atoms with van der Waals surface area (Å²) >= 11 is 0. The first-order valence-corrected chi connectivity index (χ1v) is 9.30. The molecule has 0 spiro atoms. The molecule has 0 unspecified atom stereocenters. The van der Waals surface area contributed by atoms with Crippen LogP contribution >= 0.6 is 0 Å². The molecule has 0 amide bonds. The smallest absolute Gasteiger partial charge is 0.263 e. The van der Waals surface area contributed by atoms with Crippen molar-refractivity contribution in [3.8, 4) is 0 Å². The van der Waals surface area contributed by atoms with E-state index < -0.39 is 10.0 Å². The van der Waals surface area contributed by atoms with Crippen LogP contribution in [0.2, 0.25) is 0 Å². The van der Waals surface area contributed by atoms with Crippen molar-refractivity contribution in [2.75, 3.05) is 10.0 Å². The third kappa shape index (κ3) is 4.19. The monoisotopic (exact) mass is 332 g/mol. The van der Waals surface area contributed by atoms with Crippen LogP contribution in [0.1, 0.15) is 32.1 Å². The summed E-state index contributed by atoms with van der Waals surface area (Å²) in [5, 5.41) is 11.4. The quantitative estimate of drug-likeness (QED) is 0.879. The molecule has 0 atom stereocenters. The highest BCUT2D eigenvalue weighted by molar-refractivity contribution is 7.92. The van der Waals surface area contributed by atoms with Gasteiger partial charge in [-0.2, -0.15) is 0 Å². The SMILES string of the molecule is O=S(=O)(Nc1ccc(NC2CCCCC2)nn1)c1ccccc1. The number of aromatic nitrogens is 2. The van der Waals surface area contributed by atoms with Gasteiger partial charge in [0, 0.05) is 6.04 Å². The largest absolute Gasteiger partial charge is 0.366 e. The van der Waals surface area contributed by atoms with Crippen LogP contribution in [0.5, 0.6) is 0 Å². The van der Waals surface area contributed by atoms with Crippen molar-refractivity contribution in [2.45, 2.75) is 43.0 Å². The van der Waals surface area contributed by atoms with E-state index in [9.17, 15) is 8.42 Å². The summed E-state index contributed by atoms with van der Waals surface area (Å²) in [7, 11) is -3.63. The lowest BCUT2D eigenvalue weighted by Crippen LogP contribution is -2.23. The number of hydrogen-bond acceptors (Lipinski definition) is 5. The van der Waals surface area contributed by atoms with Crippen molar-refractivity contribution in [1.82, 2.24) is 10.2 Å². The van der Waals surface area contributed by atoms with Gasteiger partial charge in [0.25, 0.3) is 10.0 Å². The van der Waals surface area contributed by atoms with Crippen LogP contribution in [-0.4, -0.2) is 24.7 Å². The van der Waals surface area contributed by atoms with Gasteiger partial charge in [-0.3, -0.25) is 4.72 Å². The van der Waals surface area contributed by atoms with E-state index in [1.165, 1.54) is 31.4 Å². The van der Waals surface area contributed by atoms with E-state index in [1.807, 2.05) is 0 Å². The predicted octanol–water partition coefficient (Wildman–Crippen LogP) is 3.02. The number of nitrogens with zero attached hydrogens (tertiary/aromatic N) is 2. The van der Waals surface area contributed by atoms with Gasteiger partial charge in [-0.15, -0.1) is 10.2 Å². The van der Waals surface area contributed by atoms with Crippen LogP contribution in [0.3, 0.4) is 0 Å². The second-order valence-corrected chi connectivity index (χ2v) is 7.38. The Hall–Kier alpha value is -2.15. The minimum Gasteiger partial charge on any atom is -0.366 e. The molecule has 122 valence electrons. The summed E-state index contributed by atoms with van der Waals surface area (Å²) in [4.78, 5) is 0.200. The first-order chi connectivity index (χ1) is 11.1. The van der Waals surface area contributed by atoms with Gasteiger partial charge in [0.2, 0.25) is 0 Å². The Bertz CT molecular complexity index is 726. The number of rotatable bonds is 5. The molecular weight excluding hydrogens is 312 g/mol. The van der Waals surface area contributed by atoms with Gasteiger partial charge >= 0.3 is 0 Å². The van der Waals surface area contributed by atoms with Crippen LogP contribution in [-0.2, 0) is 10.0 Å². The number of hydrogen-bond donors (Lipinski definition) is 2. The summed E-state index contributed by atoms with van der Waals surface area (Å²) in [5.41, 5.74) is 0. The molecule has 0 aliphatic heterocycles. The van der Waals surface area contributed by atoms with Gasteiger partial charge in [0.1, 0.15) is 5.82 Å². The number of sulfonamides is 1. The number of nitrogens with one attached hydrogen (secondary N) is 2. The lowest BCUT2D eigenvalue weighted by Gasteiger charge is -2.22. The van der Waals surface area contributed by atoms with E-state index in [0.717, 1.165) is 12.8 Å². The fourth-order valence-corrected chi connectivity index (χ4v) is 3.73. The summed E-state index contributed by atoms with van der Waals surface area (Å²) < 4.78 is 26.9. The summed E-state index contributed by atoms with van der Waals surface area (Å²) in [6, 6.07) is 12.0. The van der Waals surface area contributed by atoms with Crippen molar-refractivity contribution in [2.24, 2.45) is 0 Å². The molecule has 1 aliphatic rings. The van der Waals surface area contributed by atoms with Crippen LogP contribution in [0, 0.1) is 0 Å². The van der Waals surface area contributed by atoms with Gasteiger partial charge in [-0.25, -0.2) is 8.42 Å². The van der Waals surface area contributed by atoms with E-state index in [-0.39, 0.29) is 10.7 Å². The van der Waals surface area contributed by atoms with Crippen molar-refractivity contribution < 1.29 is 8.42 Å². The summed E-state index contributed by atoms with van der Waals surface area (Å²) in [6.45, 7) is 0. The van der Waals surface area contributed by atoms with E-state index in [0.29, 0.717) is 11.9 Å². The van der Waals surface area contributed by atoms with Gasteiger partial charge in [0.05, 0.1) is 4.90 Å². The molecule has 0 bridgehead atoms. The molecule has 1 heterocycles. The van der Waals surface area contributed by atoms with E-state index in [4.69, 9.17) is 0 Å². The van der Waals surface area contributed by atoms with E-state index in [1.54, 1.807) is 30.3 Å². The van der Waals surface area contributed by atoms with Crippen molar-refractivity contribution >= 4 is 21.7 Å². The maximum absolute atomic E-state index is 12.2. The molecule has 1 fully saturated rings. The van der Waals surface area contributed by atoms with Crippen LogP contribution < -0.4 is 10.0 Å². The standard InChI is InChI=1S/C16H20N4O2S/c21-23(22,14-9-5-2-6-10-14)20-16-12-11-15(18-19-16)17-13-7-3-1-4-8-13/h2,5-6,9-13H,1,3-4,7-8H2,(H,17,18)(H,19,20). The molecule has 23 heavy (non-hydrogen) atoms. The molecule has 0 radical (unpaired) electrons. The van der Waals surface area contributed by atoms with Crippen LogP contribution in [0.15, 0.2) is 47.4 Å². The minimum absolute atomic E-state index is 0.200. The third-order valence-electron chi connectivity index (χ3n) is 3.91. The highest BCUT2D eigenvalue weighted by atomic mass is 32.2. The second kappa shape index (κ2) is 6.95. The Morgan fingerprint density at radius 2 is 1.52 bits per heavy atom. The Kier molecular flexibility index (Phi) is 4.76. The van der Waals surface area contributed by atoms with E-state index in [2.05, 4.69) is 20.2 Å². The molecule has 1 aromatic carbocycles. The Morgan fingerprint density at radius 1 is 0.870 bits per heavy atom. The maximum Gasteiger partial charge on any atom is 0.263 e. The molecule has 7 heteroatoms. The fraction of sp³-hybridized carbons (Fsp3) is 0.375. The minimum atomic E-state index is -3.63. The van der Waals surface area contributed by atoms with Gasteiger partial charge in [-0.1, -0.05) is 37.5 Å². The zero-order valence-corrected chi connectivity index (χ0v) is 13.6. The zero-order valence-electron chi connectivity index (χ0n) is 12.8. The molecular formula is C16H20N4O2S. The third-order valence-corrected chi connectivity index (χ3v) is 5.28. The van der Waals surface area contributed by atoms with Crippen molar-refractivity contribution in [3.05, 3.63) is 42.5 Å². The number of anilines is 2. The predicted molar refractivity (Wildman–Crippen MR) is 89.8 cm³/mol. The molecule has 3 rings (SSSR count). The van der Waals surface area contributed by atoms with Gasteiger partial charge in [-0.05, 0) is 37.1 Å². The highest BCUT2D eigenvalue weighted by Crippen LogP contribution is 2.21. The topological polar surface area (TPSA) is 84.0 Å². The second-order valence-electron chi connectivity index (χ2n) is 5.70. The molecule has 2 N–H and O–H groups in total. The molecule has 1 aromatic heterocycles. The molecule has 2 aromatic rings. The Labute approximate surface area is 136 Å². The Balaban J connectivity index is 1.65. The fourth-order valence-electron chi connectivity index (χ4n) is 2.72. The summed E-state index contributed by atoms with van der Waals surface area (Å²) in [6.07, 6.45) is 6.05. The van der Waals surface area contributed by atoms with Crippen molar-refractivity contribution in [3.63, 3.8) is 0 Å². The lowest BCUT2D eigenvalue weighted by molar-refractivity contribution is 0.461. The Morgan fingerprint density at radius 3 is 2.17 bits per heavy atom. The van der Waals surface area contributed by atoms with Crippen molar-refractivity contribution in [1.29, 1.82) is 0 Å². The average Bonchev–Trinajstić information content (AvgIpc) is 2.58. The molecule has 6 nitrogen and oxygen atoms in total. The first-order valence-electron chi connectivity index (χ1n) is 7.82. The first kappa shape index (κ1) is 15.7.